The zero-order chi connectivity index (χ0) is 13.7. The van der Waals surface area contributed by atoms with Crippen LogP contribution >= 0.6 is 0 Å². The van der Waals surface area contributed by atoms with Crippen LogP contribution in [-0.4, -0.2) is 37.8 Å². The van der Waals surface area contributed by atoms with E-state index in [1.165, 1.54) is 5.56 Å². The molecule has 0 bridgehead atoms. The molecule has 0 aromatic heterocycles. The third-order valence-corrected chi connectivity index (χ3v) is 3.51. The third-order valence-electron chi connectivity index (χ3n) is 3.51. The number of nitrogens with zero attached hydrogens (tertiary/aromatic N) is 1. The number of methoxy groups -OCH3 is 1. The van der Waals surface area contributed by atoms with Gasteiger partial charge in [0.25, 0.3) is 0 Å². The third kappa shape index (κ3) is 3.93. The molecule has 19 heavy (non-hydrogen) atoms. The highest BCUT2D eigenvalue weighted by Crippen LogP contribution is 2.21. The van der Waals surface area contributed by atoms with Gasteiger partial charge in [-0.05, 0) is 25.0 Å². The molecule has 1 aromatic carbocycles. The Labute approximate surface area is 115 Å². The van der Waals surface area contributed by atoms with Crippen LogP contribution < -0.4 is 10.5 Å². The van der Waals surface area contributed by atoms with Gasteiger partial charge in [0.15, 0.2) is 0 Å². The van der Waals surface area contributed by atoms with Crippen molar-refractivity contribution in [3.8, 4) is 5.75 Å². The minimum Gasteiger partial charge on any atom is -0.496 e. The Morgan fingerprint density at radius 2 is 2.32 bits per heavy atom. The van der Waals surface area contributed by atoms with Gasteiger partial charge in [-0.25, -0.2) is 0 Å². The molecule has 0 radical (unpaired) electrons. The maximum Gasteiger partial charge on any atom is 0.123 e. The van der Waals surface area contributed by atoms with E-state index in [1.807, 2.05) is 0 Å². The SMILES string of the molecule is COc1cc(CN2CCCOC(C)C2)ccc1CN. The summed E-state index contributed by atoms with van der Waals surface area (Å²) in [6.07, 6.45) is 1.41. The van der Waals surface area contributed by atoms with Crippen molar-refractivity contribution < 1.29 is 9.47 Å². The first-order valence-electron chi connectivity index (χ1n) is 6.92. The fourth-order valence-corrected chi connectivity index (χ4v) is 2.54. The van der Waals surface area contributed by atoms with Crippen molar-refractivity contribution in [2.24, 2.45) is 5.73 Å². The van der Waals surface area contributed by atoms with Gasteiger partial charge in [0.05, 0.1) is 13.2 Å². The largest absolute Gasteiger partial charge is 0.496 e. The van der Waals surface area contributed by atoms with E-state index in [9.17, 15) is 0 Å². The molecule has 0 aliphatic carbocycles. The maximum absolute atomic E-state index is 5.69. The summed E-state index contributed by atoms with van der Waals surface area (Å²) in [5, 5.41) is 0. The molecule has 4 heteroatoms. The second kappa shape index (κ2) is 6.89. The summed E-state index contributed by atoms with van der Waals surface area (Å²) in [6, 6.07) is 6.30. The Bertz CT molecular complexity index is 409. The summed E-state index contributed by atoms with van der Waals surface area (Å²) in [6.45, 7) is 6.53. The first-order valence-corrected chi connectivity index (χ1v) is 6.92. The number of ether oxygens (including phenoxy) is 2. The van der Waals surface area contributed by atoms with Crippen LogP contribution in [0, 0.1) is 0 Å². The van der Waals surface area contributed by atoms with Gasteiger partial charge in [-0.3, -0.25) is 4.90 Å². The zero-order valence-electron chi connectivity index (χ0n) is 11.9. The predicted molar refractivity (Wildman–Crippen MR) is 76.2 cm³/mol. The van der Waals surface area contributed by atoms with Gasteiger partial charge in [-0.2, -0.15) is 0 Å². The molecule has 2 rings (SSSR count). The Balaban J connectivity index is 2.05. The van der Waals surface area contributed by atoms with E-state index in [0.717, 1.165) is 44.0 Å². The zero-order valence-corrected chi connectivity index (χ0v) is 11.9. The number of nitrogens with two attached hydrogens (primary N) is 1. The summed E-state index contributed by atoms with van der Waals surface area (Å²) in [7, 11) is 1.69. The van der Waals surface area contributed by atoms with Crippen molar-refractivity contribution in [1.82, 2.24) is 4.90 Å². The highest BCUT2D eigenvalue weighted by molar-refractivity contribution is 5.37. The summed E-state index contributed by atoms with van der Waals surface area (Å²) >= 11 is 0. The molecule has 2 N–H and O–H groups in total. The van der Waals surface area contributed by atoms with Gasteiger partial charge in [-0.15, -0.1) is 0 Å². The van der Waals surface area contributed by atoms with Crippen LogP contribution in [0.2, 0.25) is 0 Å². The van der Waals surface area contributed by atoms with Crippen LogP contribution in [0.15, 0.2) is 18.2 Å². The molecule has 1 aromatic rings. The molecular formula is C15H24N2O2. The minimum atomic E-state index is 0.313. The molecule has 106 valence electrons. The van der Waals surface area contributed by atoms with Crippen molar-refractivity contribution in [2.75, 3.05) is 26.8 Å². The van der Waals surface area contributed by atoms with Crippen molar-refractivity contribution in [2.45, 2.75) is 32.5 Å². The molecule has 0 amide bonds. The Morgan fingerprint density at radius 3 is 3.05 bits per heavy atom. The van der Waals surface area contributed by atoms with Crippen LogP contribution in [0.5, 0.6) is 5.75 Å². The van der Waals surface area contributed by atoms with E-state index in [4.69, 9.17) is 15.2 Å². The second-order valence-corrected chi connectivity index (χ2v) is 5.12. The molecule has 1 saturated heterocycles. The number of rotatable bonds is 4. The quantitative estimate of drug-likeness (QED) is 0.900. The number of hydrogen-bond acceptors (Lipinski definition) is 4. The van der Waals surface area contributed by atoms with E-state index in [-0.39, 0.29) is 0 Å². The lowest BCUT2D eigenvalue weighted by Gasteiger charge is -2.22. The summed E-state index contributed by atoms with van der Waals surface area (Å²) in [5.41, 5.74) is 8.01. The van der Waals surface area contributed by atoms with Gasteiger partial charge >= 0.3 is 0 Å². The number of hydrogen-bond donors (Lipinski definition) is 1. The summed E-state index contributed by atoms with van der Waals surface area (Å²) in [4.78, 5) is 2.44. The predicted octanol–water partition coefficient (Wildman–Crippen LogP) is 1.76. The van der Waals surface area contributed by atoms with E-state index in [2.05, 4.69) is 30.0 Å². The van der Waals surface area contributed by atoms with E-state index in [0.29, 0.717) is 12.6 Å². The van der Waals surface area contributed by atoms with Crippen LogP contribution in [-0.2, 0) is 17.8 Å². The van der Waals surface area contributed by atoms with Crippen LogP contribution in [0.1, 0.15) is 24.5 Å². The van der Waals surface area contributed by atoms with Crippen molar-refractivity contribution in [3.05, 3.63) is 29.3 Å². The smallest absolute Gasteiger partial charge is 0.123 e. The minimum absolute atomic E-state index is 0.313. The van der Waals surface area contributed by atoms with E-state index < -0.39 is 0 Å². The Kier molecular flexibility index (Phi) is 5.19. The van der Waals surface area contributed by atoms with Crippen LogP contribution in [0.3, 0.4) is 0 Å². The summed E-state index contributed by atoms with van der Waals surface area (Å²) in [5.74, 6) is 0.888. The first kappa shape index (κ1) is 14.3. The first-order chi connectivity index (χ1) is 9.22. The molecule has 1 fully saturated rings. The fraction of sp³-hybridized carbons (Fsp3) is 0.600. The second-order valence-electron chi connectivity index (χ2n) is 5.12. The van der Waals surface area contributed by atoms with Crippen molar-refractivity contribution in [3.63, 3.8) is 0 Å². The average Bonchev–Trinajstić information content (AvgIpc) is 2.63. The lowest BCUT2D eigenvalue weighted by atomic mass is 10.1. The molecule has 0 saturated carbocycles. The molecule has 4 nitrogen and oxygen atoms in total. The monoisotopic (exact) mass is 264 g/mol. The van der Waals surface area contributed by atoms with Crippen LogP contribution in [0.4, 0.5) is 0 Å². The fourth-order valence-electron chi connectivity index (χ4n) is 2.54. The Morgan fingerprint density at radius 1 is 1.47 bits per heavy atom. The number of benzene rings is 1. The highest BCUT2D eigenvalue weighted by atomic mass is 16.5. The maximum atomic E-state index is 5.69. The lowest BCUT2D eigenvalue weighted by Crippen LogP contribution is -2.29. The Hall–Kier alpha value is -1.10. The summed E-state index contributed by atoms with van der Waals surface area (Å²) < 4.78 is 11.1. The van der Waals surface area contributed by atoms with E-state index >= 15 is 0 Å². The van der Waals surface area contributed by atoms with Crippen LogP contribution in [0.25, 0.3) is 0 Å². The lowest BCUT2D eigenvalue weighted by molar-refractivity contribution is 0.0668. The molecular weight excluding hydrogens is 240 g/mol. The molecule has 1 heterocycles. The molecule has 1 atom stereocenters. The van der Waals surface area contributed by atoms with E-state index in [1.54, 1.807) is 7.11 Å². The normalized spacial score (nSPS) is 21.1. The average molecular weight is 264 g/mol. The van der Waals surface area contributed by atoms with Crippen molar-refractivity contribution >= 4 is 0 Å². The van der Waals surface area contributed by atoms with Gasteiger partial charge in [0.1, 0.15) is 5.75 Å². The molecule has 1 unspecified atom stereocenters. The topological polar surface area (TPSA) is 47.7 Å². The highest BCUT2D eigenvalue weighted by Gasteiger charge is 2.15. The molecule has 0 spiro atoms. The van der Waals surface area contributed by atoms with Crippen molar-refractivity contribution in [1.29, 1.82) is 0 Å². The standard InChI is InChI=1S/C15H24N2O2/c1-12-10-17(6-3-7-19-12)11-13-4-5-14(9-16)15(8-13)18-2/h4-5,8,12H,3,6-7,9-11,16H2,1-2H3. The van der Waals surface area contributed by atoms with Gasteiger partial charge in [-0.1, -0.05) is 12.1 Å². The molecule has 1 aliphatic rings. The van der Waals surface area contributed by atoms with Gasteiger partial charge in [0, 0.05) is 38.3 Å². The van der Waals surface area contributed by atoms with Gasteiger partial charge in [0.2, 0.25) is 0 Å². The van der Waals surface area contributed by atoms with Gasteiger partial charge < -0.3 is 15.2 Å². The molecule has 1 aliphatic heterocycles.